The summed E-state index contributed by atoms with van der Waals surface area (Å²) in [6, 6.07) is 1.83. The van der Waals surface area contributed by atoms with Crippen molar-refractivity contribution in [3.8, 4) is 0 Å². The van der Waals surface area contributed by atoms with Crippen molar-refractivity contribution in [2.24, 2.45) is 0 Å². The Labute approximate surface area is 110 Å². The van der Waals surface area contributed by atoms with Crippen LogP contribution < -0.4 is 10.6 Å². The third-order valence-electron chi connectivity index (χ3n) is 3.27. The summed E-state index contributed by atoms with van der Waals surface area (Å²) >= 11 is 3.45. The number of hydrogen-bond acceptors (Lipinski definition) is 4. The van der Waals surface area contributed by atoms with E-state index in [9.17, 15) is 5.11 Å². The average molecular weight is 300 g/mol. The van der Waals surface area contributed by atoms with Crippen molar-refractivity contribution >= 4 is 27.4 Å². The summed E-state index contributed by atoms with van der Waals surface area (Å²) in [7, 11) is 1.94. The van der Waals surface area contributed by atoms with Crippen LogP contribution in [0, 0.1) is 0 Å². The van der Waals surface area contributed by atoms with Crippen molar-refractivity contribution in [1.82, 2.24) is 4.98 Å². The van der Waals surface area contributed by atoms with E-state index in [1.165, 1.54) is 0 Å². The Morgan fingerprint density at radius 3 is 2.76 bits per heavy atom. The molecule has 0 radical (unpaired) electrons. The van der Waals surface area contributed by atoms with Crippen molar-refractivity contribution in [2.75, 3.05) is 24.2 Å². The molecule has 1 aromatic rings. The lowest BCUT2D eigenvalue weighted by Crippen LogP contribution is -2.39. The van der Waals surface area contributed by atoms with Gasteiger partial charge in [0.05, 0.1) is 22.0 Å². The number of nitrogens with two attached hydrogens (primary N) is 1. The molecule has 0 aliphatic heterocycles. The van der Waals surface area contributed by atoms with Crippen molar-refractivity contribution < 1.29 is 5.11 Å². The van der Waals surface area contributed by atoms with Gasteiger partial charge in [0.1, 0.15) is 5.82 Å². The Morgan fingerprint density at radius 1 is 1.53 bits per heavy atom. The number of halogens is 1. The predicted molar refractivity (Wildman–Crippen MR) is 73.0 cm³/mol. The lowest BCUT2D eigenvalue weighted by Gasteiger charge is -2.29. The van der Waals surface area contributed by atoms with Gasteiger partial charge in [-0.3, -0.25) is 0 Å². The molecule has 0 unspecified atom stereocenters. The third-order valence-corrected chi connectivity index (χ3v) is 3.85. The van der Waals surface area contributed by atoms with Crippen LogP contribution in [0.1, 0.15) is 25.7 Å². The molecule has 1 saturated carbocycles. The number of rotatable bonds is 3. The van der Waals surface area contributed by atoms with Gasteiger partial charge in [0.2, 0.25) is 0 Å². The van der Waals surface area contributed by atoms with Gasteiger partial charge in [-0.25, -0.2) is 4.98 Å². The topological polar surface area (TPSA) is 62.4 Å². The van der Waals surface area contributed by atoms with E-state index in [0.29, 0.717) is 12.2 Å². The Kier molecular flexibility index (Phi) is 3.58. The highest BCUT2D eigenvalue weighted by Crippen LogP contribution is 2.32. The molecule has 94 valence electrons. The van der Waals surface area contributed by atoms with Crippen molar-refractivity contribution in [3.05, 3.63) is 16.7 Å². The first kappa shape index (κ1) is 12.6. The van der Waals surface area contributed by atoms with E-state index in [-0.39, 0.29) is 0 Å². The highest BCUT2D eigenvalue weighted by atomic mass is 79.9. The van der Waals surface area contributed by atoms with Crippen LogP contribution in [0.15, 0.2) is 16.7 Å². The van der Waals surface area contributed by atoms with Crippen LogP contribution in [0.4, 0.5) is 11.5 Å². The quantitative estimate of drug-likeness (QED) is 0.898. The molecule has 1 heterocycles. The zero-order chi connectivity index (χ0) is 12.5. The molecule has 0 spiro atoms. The molecule has 0 atom stereocenters. The van der Waals surface area contributed by atoms with Crippen LogP contribution in [0.5, 0.6) is 0 Å². The Bertz CT molecular complexity index is 405. The first-order valence-corrected chi connectivity index (χ1v) is 6.64. The average Bonchev–Trinajstić information content (AvgIpc) is 2.64. The molecule has 1 fully saturated rings. The molecule has 1 aromatic heterocycles. The summed E-state index contributed by atoms with van der Waals surface area (Å²) in [5.74, 6) is 0.819. The molecule has 0 bridgehead atoms. The van der Waals surface area contributed by atoms with Gasteiger partial charge in [0.25, 0.3) is 0 Å². The second-order valence-corrected chi connectivity index (χ2v) is 5.72. The van der Waals surface area contributed by atoms with E-state index < -0.39 is 5.60 Å². The molecule has 0 aromatic carbocycles. The van der Waals surface area contributed by atoms with Gasteiger partial charge in [0.15, 0.2) is 0 Å². The monoisotopic (exact) mass is 299 g/mol. The van der Waals surface area contributed by atoms with Crippen LogP contribution in [0.25, 0.3) is 0 Å². The number of nitrogen functional groups attached to an aromatic ring is 1. The summed E-state index contributed by atoms with van der Waals surface area (Å²) in [6.07, 6.45) is 5.62. The highest BCUT2D eigenvalue weighted by Gasteiger charge is 2.32. The number of likely N-dealkylation sites (N-methyl/N-ethyl adjacent to an activating group) is 1. The summed E-state index contributed by atoms with van der Waals surface area (Å²) in [4.78, 5) is 6.27. The maximum absolute atomic E-state index is 10.4. The molecule has 1 aliphatic carbocycles. The van der Waals surface area contributed by atoms with Crippen molar-refractivity contribution in [1.29, 1.82) is 0 Å². The maximum Gasteiger partial charge on any atom is 0.142 e. The second-order valence-electron chi connectivity index (χ2n) is 4.86. The Balaban J connectivity index is 2.11. The van der Waals surface area contributed by atoms with E-state index in [2.05, 4.69) is 20.9 Å². The van der Waals surface area contributed by atoms with Crippen LogP contribution in [0.2, 0.25) is 0 Å². The van der Waals surface area contributed by atoms with Crippen molar-refractivity contribution in [2.45, 2.75) is 31.3 Å². The number of aromatic nitrogens is 1. The molecular weight excluding hydrogens is 282 g/mol. The van der Waals surface area contributed by atoms with Crippen molar-refractivity contribution in [3.63, 3.8) is 0 Å². The minimum Gasteiger partial charge on any atom is -0.397 e. The highest BCUT2D eigenvalue weighted by molar-refractivity contribution is 9.10. The van der Waals surface area contributed by atoms with E-state index in [1.54, 1.807) is 6.20 Å². The van der Waals surface area contributed by atoms with Gasteiger partial charge in [-0.2, -0.15) is 0 Å². The zero-order valence-corrected chi connectivity index (χ0v) is 11.6. The summed E-state index contributed by atoms with van der Waals surface area (Å²) in [5, 5.41) is 10.4. The summed E-state index contributed by atoms with van der Waals surface area (Å²) < 4.78 is 0.863. The normalized spacial score (nSPS) is 18.3. The zero-order valence-electron chi connectivity index (χ0n) is 9.99. The first-order valence-electron chi connectivity index (χ1n) is 5.85. The Hall–Kier alpha value is -0.810. The minimum atomic E-state index is -0.558. The third kappa shape index (κ3) is 2.90. The maximum atomic E-state index is 10.4. The number of nitrogens with zero attached hydrogens (tertiary/aromatic N) is 2. The lowest BCUT2D eigenvalue weighted by atomic mass is 10.0. The van der Waals surface area contributed by atoms with E-state index >= 15 is 0 Å². The van der Waals surface area contributed by atoms with Gasteiger partial charge in [0, 0.05) is 13.6 Å². The van der Waals surface area contributed by atoms with E-state index in [4.69, 9.17) is 5.73 Å². The molecule has 0 amide bonds. The van der Waals surface area contributed by atoms with Gasteiger partial charge >= 0.3 is 0 Å². The van der Waals surface area contributed by atoms with Gasteiger partial charge in [-0.1, -0.05) is 12.8 Å². The molecule has 17 heavy (non-hydrogen) atoms. The molecule has 2 rings (SSSR count). The number of pyridine rings is 1. The molecular formula is C12H18BrN3O. The van der Waals surface area contributed by atoms with Crippen LogP contribution in [-0.4, -0.2) is 29.3 Å². The van der Waals surface area contributed by atoms with E-state index in [0.717, 1.165) is 36.0 Å². The predicted octanol–water partition coefficient (Wildman–Crippen LogP) is 2.17. The number of aliphatic hydroxyl groups is 1. The fourth-order valence-corrected chi connectivity index (χ4v) is 3.10. The van der Waals surface area contributed by atoms with Crippen LogP contribution in [-0.2, 0) is 0 Å². The molecule has 4 nitrogen and oxygen atoms in total. The number of anilines is 2. The summed E-state index contributed by atoms with van der Waals surface area (Å²) in [5.41, 5.74) is 5.73. The van der Waals surface area contributed by atoms with Gasteiger partial charge in [-0.05, 0) is 34.8 Å². The molecule has 0 saturated heterocycles. The number of hydrogen-bond donors (Lipinski definition) is 2. The summed E-state index contributed by atoms with van der Waals surface area (Å²) in [6.45, 7) is 0.614. The fraction of sp³-hybridized carbons (Fsp3) is 0.583. The Morgan fingerprint density at radius 2 is 2.18 bits per heavy atom. The second kappa shape index (κ2) is 4.82. The molecule has 3 N–H and O–H groups in total. The molecule has 5 heteroatoms. The first-order chi connectivity index (χ1) is 8.00. The van der Waals surface area contributed by atoms with Gasteiger partial charge in [-0.15, -0.1) is 0 Å². The lowest BCUT2D eigenvalue weighted by molar-refractivity contribution is 0.0558. The fourth-order valence-electron chi connectivity index (χ4n) is 2.43. The molecule has 1 aliphatic rings. The minimum absolute atomic E-state index is 0.558. The standard InChI is InChI=1S/C12H18BrN3O/c1-16(8-12(17)4-2-3-5-12)11-10(13)6-9(14)7-15-11/h6-7,17H,2-5,8,14H2,1H3. The van der Waals surface area contributed by atoms with Crippen LogP contribution >= 0.6 is 15.9 Å². The van der Waals surface area contributed by atoms with Crippen LogP contribution in [0.3, 0.4) is 0 Å². The van der Waals surface area contributed by atoms with E-state index in [1.807, 2.05) is 18.0 Å². The SMILES string of the molecule is CN(CC1(O)CCCC1)c1ncc(N)cc1Br. The smallest absolute Gasteiger partial charge is 0.142 e. The largest absolute Gasteiger partial charge is 0.397 e. The van der Waals surface area contributed by atoms with Gasteiger partial charge < -0.3 is 15.7 Å².